The quantitative estimate of drug-likeness (QED) is 0.897. The maximum absolute atomic E-state index is 13.6. The van der Waals surface area contributed by atoms with E-state index in [-0.39, 0.29) is 16.6 Å². The van der Waals surface area contributed by atoms with Gasteiger partial charge in [0.05, 0.1) is 16.6 Å². The van der Waals surface area contributed by atoms with Crippen LogP contribution in [0.3, 0.4) is 0 Å². The lowest BCUT2D eigenvalue weighted by Gasteiger charge is -2.25. The molecule has 0 aliphatic heterocycles. The van der Waals surface area contributed by atoms with Gasteiger partial charge in [0.25, 0.3) is 0 Å². The number of rotatable bonds is 3. The molecule has 7 heteroatoms. The second-order valence-corrected chi connectivity index (χ2v) is 5.53. The predicted molar refractivity (Wildman–Crippen MR) is 73.1 cm³/mol. The Bertz CT molecular complexity index is 548. The summed E-state index contributed by atoms with van der Waals surface area (Å²) in [6.45, 7) is 0. The van der Waals surface area contributed by atoms with E-state index in [1.807, 2.05) is 0 Å². The van der Waals surface area contributed by atoms with E-state index in [9.17, 15) is 18.4 Å². The molecule has 0 radical (unpaired) electrons. The third-order valence-electron chi connectivity index (χ3n) is 3.70. The molecule has 0 saturated heterocycles. The summed E-state index contributed by atoms with van der Waals surface area (Å²) < 4.78 is 26.5. The first-order chi connectivity index (χ1) is 9.88. The standard InChI is InChI=1S/C14H14ClF2NO3/c15-10-5-9(16)6-11(17)12(10)18-13(19)7-1-3-8(4-2-7)14(20)21/h5-8H,1-4H2,(H,18,19)(H,20,21). The number of hydrogen-bond donors (Lipinski definition) is 2. The summed E-state index contributed by atoms with van der Waals surface area (Å²) >= 11 is 5.71. The Hall–Kier alpha value is -1.69. The molecule has 0 atom stereocenters. The van der Waals surface area contributed by atoms with Crippen LogP contribution in [-0.4, -0.2) is 17.0 Å². The largest absolute Gasteiger partial charge is 0.481 e. The van der Waals surface area contributed by atoms with E-state index >= 15 is 0 Å². The normalized spacial score (nSPS) is 21.9. The maximum atomic E-state index is 13.6. The van der Waals surface area contributed by atoms with E-state index in [0.717, 1.165) is 6.07 Å². The minimum atomic E-state index is -0.937. The molecule has 0 spiro atoms. The average molecular weight is 318 g/mol. The third kappa shape index (κ3) is 3.69. The van der Waals surface area contributed by atoms with Gasteiger partial charge in [0, 0.05) is 12.0 Å². The van der Waals surface area contributed by atoms with E-state index < -0.39 is 29.4 Å². The fourth-order valence-corrected chi connectivity index (χ4v) is 2.73. The minimum absolute atomic E-state index is 0.208. The number of carbonyl (C=O) groups is 2. The first-order valence-corrected chi connectivity index (χ1v) is 6.94. The Labute approximate surface area is 125 Å². The van der Waals surface area contributed by atoms with Crippen LogP contribution in [0.5, 0.6) is 0 Å². The summed E-state index contributed by atoms with van der Waals surface area (Å²) in [5, 5.41) is 11.0. The zero-order chi connectivity index (χ0) is 15.6. The van der Waals surface area contributed by atoms with Crippen LogP contribution in [0.2, 0.25) is 5.02 Å². The van der Waals surface area contributed by atoms with Gasteiger partial charge in [-0.25, -0.2) is 8.78 Å². The molecule has 1 amide bonds. The summed E-state index contributed by atoms with van der Waals surface area (Å²) in [5.41, 5.74) is -0.247. The van der Waals surface area contributed by atoms with Crippen molar-refractivity contribution in [1.82, 2.24) is 0 Å². The van der Waals surface area contributed by atoms with Crippen LogP contribution in [0.25, 0.3) is 0 Å². The second-order valence-electron chi connectivity index (χ2n) is 5.12. The molecule has 0 aromatic heterocycles. The number of nitrogens with one attached hydrogen (secondary N) is 1. The fraction of sp³-hybridized carbons (Fsp3) is 0.429. The van der Waals surface area contributed by atoms with Gasteiger partial charge in [-0.3, -0.25) is 9.59 Å². The molecule has 1 fully saturated rings. The molecule has 114 valence electrons. The highest BCUT2D eigenvalue weighted by molar-refractivity contribution is 6.33. The molecule has 0 unspecified atom stereocenters. The number of carboxylic acid groups (broad SMARTS) is 1. The molecule has 21 heavy (non-hydrogen) atoms. The summed E-state index contributed by atoms with van der Waals surface area (Å²) in [5.74, 6) is -3.86. The molecule has 0 bridgehead atoms. The monoisotopic (exact) mass is 317 g/mol. The summed E-state index contributed by atoms with van der Waals surface area (Å²) in [6, 6.07) is 1.56. The highest BCUT2D eigenvalue weighted by Gasteiger charge is 2.30. The Morgan fingerprint density at radius 1 is 1.14 bits per heavy atom. The van der Waals surface area contributed by atoms with Crippen molar-refractivity contribution in [2.45, 2.75) is 25.7 Å². The van der Waals surface area contributed by atoms with Gasteiger partial charge in [-0.1, -0.05) is 11.6 Å². The SMILES string of the molecule is O=C(O)C1CCC(C(=O)Nc2c(F)cc(F)cc2Cl)CC1. The van der Waals surface area contributed by atoms with Crippen LogP contribution < -0.4 is 5.32 Å². The summed E-state index contributed by atoms with van der Waals surface area (Å²) in [4.78, 5) is 22.9. The number of hydrogen-bond acceptors (Lipinski definition) is 2. The molecule has 1 aromatic rings. The van der Waals surface area contributed by atoms with E-state index in [2.05, 4.69) is 5.32 Å². The van der Waals surface area contributed by atoms with Gasteiger partial charge in [-0.15, -0.1) is 0 Å². The van der Waals surface area contributed by atoms with Crippen molar-refractivity contribution < 1.29 is 23.5 Å². The summed E-state index contributed by atoms with van der Waals surface area (Å²) in [6.07, 6.45) is 1.66. The average Bonchev–Trinajstić information content (AvgIpc) is 2.42. The lowest BCUT2D eigenvalue weighted by Crippen LogP contribution is -2.29. The van der Waals surface area contributed by atoms with Gasteiger partial charge >= 0.3 is 5.97 Å². The molecule has 1 saturated carbocycles. The van der Waals surface area contributed by atoms with Gasteiger partial charge in [0.1, 0.15) is 5.82 Å². The number of carboxylic acids is 1. The van der Waals surface area contributed by atoms with Crippen LogP contribution in [0.4, 0.5) is 14.5 Å². The molecule has 0 heterocycles. The van der Waals surface area contributed by atoms with Crippen molar-refractivity contribution in [2.24, 2.45) is 11.8 Å². The Kier molecular flexibility index (Phi) is 4.77. The lowest BCUT2D eigenvalue weighted by molar-refractivity contribution is -0.143. The van der Waals surface area contributed by atoms with Gasteiger partial charge < -0.3 is 10.4 Å². The van der Waals surface area contributed by atoms with Gasteiger partial charge in [0.2, 0.25) is 5.91 Å². The highest BCUT2D eigenvalue weighted by atomic mass is 35.5. The minimum Gasteiger partial charge on any atom is -0.481 e. The molecular weight excluding hydrogens is 304 g/mol. The van der Waals surface area contributed by atoms with E-state index in [0.29, 0.717) is 31.7 Å². The lowest BCUT2D eigenvalue weighted by atomic mass is 9.81. The first-order valence-electron chi connectivity index (χ1n) is 6.56. The fourth-order valence-electron chi connectivity index (χ4n) is 2.49. The van der Waals surface area contributed by atoms with Gasteiger partial charge in [0.15, 0.2) is 5.82 Å². The van der Waals surface area contributed by atoms with E-state index in [1.165, 1.54) is 0 Å². The van der Waals surface area contributed by atoms with Crippen molar-refractivity contribution in [3.05, 3.63) is 28.8 Å². The molecule has 4 nitrogen and oxygen atoms in total. The molecule has 1 aliphatic rings. The summed E-state index contributed by atoms with van der Waals surface area (Å²) in [7, 11) is 0. The molecule has 2 N–H and O–H groups in total. The number of anilines is 1. The van der Waals surface area contributed by atoms with Crippen LogP contribution in [0.1, 0.15) is 25.7 Å². The molecular formula is C14H14ClF2NO3. The first kappa shape index (κ1) is 15.7. The maximum Gasteiger partial charge on any atom is 0.306 e. The van der Waals surface area contributed by atoms with Crippen LogP contribution in [0, 0.1) is 23.5 Å². The zero-order valence-electron chi connectivity index (χ0n) is 11.0. The zero-order valence-corrected chi connectivity index (χ0v) is 11.8. The molecule has 2 rings (SSSR count). The van der Waals surface area contributed by atoms with Crippen LogP contribution in [0.15, 0.2) is 12.1 Å². The number of amides is 1. The van der Waals surface area contributed by atoms with Crippen LogP contribution >= 0.6 is 11.6 Å². The number of aliphatic carboxylic acids is 1. The van der Waals surface area contributed by atoms with Crippen molar-refractivity contribution >= 4 is 29.2 Å². The Morgan fingerprint density at radius 3 is 2.24 bits per heavy atom. The van der Waals surface area contributed by atoms with Crippen molar-refractivity contribution in [3.8, 4) is 0 Å². The Balaban J connectivity index is 2.01. The number of benzene rings is 1. The number of carbonyl (C=O) groups excluding carboxylic acids is 1. The van der Waals surface area contributed by atoms with Crippen molar-refractivity contribution in [1.29, 1.82) is 0 Å². The van der Waals surface area contributed by atoms with Crippen LogP contribution in [-0.2, 0) is 9.59 Å². The second kappa shape index (κ2) is 6.39. The smallest absolute Gasteiger partial charge is 0.306 e. The predicted octanol–water partition coefficient (Wildman–Crippen LogP) is 3.45. The molecule has 1 aromatic carbocycles. The van der Waals surface area contributed by atoms with Crippen molar-refractivity contribution in [2.75, 3.05) is 5.32 Å². The number of halogens is 3. The van der Waals surface area contributed by atoms with Gasteiger partial charge in [-0.2, -0.15) is 0 Å². The molecule has 1 aliphatic carbocycles. The van der Waals surface area contributed by atoms with E-state index in [4.69, 9.17) is 16.7 Å². The van der Waals surface area contributed by atoms with E-state index in [1.54, 1.807) is 0 Å². The third-order valence-corrected chi connectivity index (χ3v) is 4.00. The highest BCUT2D eigenvalue weighted by Crippen LogP contribution is 2.32. The topological polar surface area (TPSA) is 66.4 Å². The Morgan fingerprint density at radius 2 is 1.71 bits per heavy atom. The van der Waals surface area contributed by atoms with Crippen molar-refractivity contribution in [3.63, 3.8) is 0 Å². The van der Waals surface area contributed by atoms with Gasteiger partial charge in [-0.05, 0) is 31.7 Å².